The van der Waals surface area contributed by atoms with E-state index in [9.17, 15) is 9.59 Å². The molecule has 2 heterocycles. The molecule has 0 atom stereocenters. The van der Waals surface area contributed by atoms with E-state index in [-0.39, 0.29) is 23.2 Å². The van der Waals surface area contributed by atoms with Crippen molar-refractivity contribution in [1.29, 1.82) is 0 Å². The summed E-state index contributed by atoms with van der Waals surface area (Å²) in [5.41, 5.74) is 0.240. The van der Waals surface area contributed by atoms with E-state index >= 15 is 0 Å². The molecule has 7 heteroatoms. The zero-order valence-electron chi connectivity index (χ0n) is 10.9. The van der Waals surface area contributed by atoms with Gasteiger partial charge in [0.25, 0.3) is 0 Å². The number of aldehydes is 1. The van der Waals surface area contributed by atoms with Crippen LogP contribution in [0.2, 0.25) is 5.15 Å². The summed E-state index contributed by atoms with van der Waals surface area (Å²) in [7, 11) is 1.77. The largest absolute Gasteiger partial charge is 0.346 e. The van der Waals surface area contributed by atoms with E-state index in [1.165, 1.54) is 0 Å². The fourth-order valence-electron chi connectivity index (χ4n) is 2.04. The second-order valence-corrected chi connectivity index (χ2v) is 4.87. The number of halogens is 1. The lowest BCUT2D eigenvalue weighted by Crippen LogP contribution is -2.35. The van der Waals surface area contributed by atoms with Crippen LogP contribution in [-0.4, -0.2) is 53.7 Å². The van der Waals surface area contributed by atoms with E-state index in [4.69, 9.17) is 11.6 Å². The van der Waals surface area contributed by atoms with Gasteiger partial charge in [0.15, 0.2) is 6.29 Å². The molecule has 0 spiro atoms. The summed E-state index contributed by atoms with van der Waals surface area (Å²) in [6, 6.07) is 0. The molecule has 1 amide bonds. The van der Waals surface area contributed by atoms with Gasteiger partial charge in [-0.1, -0.05) is 11.6 Å². The Morgan fingerprint density at radius 1 is 1.32 bits per heavy atom. The van der Waals surface area contributed by atoms with Crippen LogP contribution in [0.1, 0.15) is 22.6 Å². The molecular formula is C12H15ClN4O2. The fraction of sp³-hybridized carbons (Fsp3) is 0.500. The van der Waals surface area contributed by atoms with Crippen LogP contribution in [0.25, 0.3) is 0 Å². The van der Waals surface area contributed by atoms with Crippen molar-refractivity contribution in [2.45, 2.75) is 13.3 Å². The van der Waals surface area contributed by atoms with Gasteiger partial charge >= 0.3 is 0 Å². The quantitative estimate of drug-likeness (QED) is 0.596. The number of nitrogens with zero attached hydrogens (tertiary/aromatic N) is 4. The molecule has 0 aromatic carbocycles. The van der Waals surface area contributed by atoms with E-state index in [1.54, 1.807) is 23.8 Å². The zero-order valence-corrected chi connectivity index (χ0v) is 11.6. The second-order valence-electron chi connectivity index (χ2n) is 4.51. The smallest absolute Gasteiger partial charge is 0.241 e. The molecule has 19 heavy (non-hydrogen) atoms. The van der Waals surface area contributed by atoms with Crippen molar-refractivity contribution in [2.24, 2.45) is 0 Å². The number of rotatable bonds is 2. The lowest BCUT2D eigenvalue weighted by molar-refractivity contribution is -0.127. The average Bonchev–Trinajstić information content (AvgIpc) is 2.51. The second kappa shape index (κ2) is 5.52. The number of anilines is 1. The van der Waals surface area contributed by atoms with Crippen LogP contribution in [0.15, 0.2) is 0 Å². The lowest BCUT2D eigenvalue weighted by Gasteiger charge is -2.22. The van der Waals surface area contributed by atoms with Gasteiger partial charge in [0.1, 0.15) is 16.8 Å². The summed E-state index contributed by atoms with van der Waals surface area (Å²) in [5.74, 6) is 0.925. The molecule has 1 aliphatic heterocycles. The van der Waals surface area contributed by atoms with Crippen molar-refractivity contribution in [3.63, 3.8) is 0 Å². The van der Waals surface area contributed by atoms with E-state index < -0.39 is 0 Å². The molecule has 0 radical (unpaired) electrons. The first-order valence-corrected chi connectivity index (χ1v) is 6.39. The highest BCUT2D eigenvalue weighted by Gasteiger charge is 2.23. The summed E-state index contributed by atoms with van der Waals surface area (Å²) in [4.78, 5) is 34.7. The minimum absolute atomic E-state index is 0.00161. The van der Waals surface area contributed by atoms with Crippen LogP contribution >= 0.6 is 11.6 Å². The zero-order chi connectivity index (χ0) is 14.0. The molecule has 0 saturated carbocycles. The minimum Gasteiger partial charge on any atom is -0.346 e. The Morgan fingerprint density at radius 2 is 2.05 bits per heavy atom. The average molecular weight is 283 g/mol. The summed E-state index contributed by atoms with van der Waals surface area (Å²) < 4.78 is 0. The Bertz CT molecular complexity index is 521. The minimum atomic E-state index is 0.00161. The molecule has 102 valence electrons. The number of hydrogen-bond donors (Lipinski definition) is 0. The Morgan fingerprint density at radius 3 is 2.74 bits per heavy atom. The third kappa shape index (κ3) is 2.84. The number of likely N-dealkylation sites (N-methyl/N-ethyl adjacent to an activating group) is 1. The number of aromatic nitrogens is 2. The molecule has 1 fully saturated rings. The Balaban J connectivity index is 2.40. The number of carbonyl (C=O) groups excluding carboxylic acids is 2. The highest BCUT2D eigenvalue weighted by atomic mass is 35.5. The molecular weight excluding hydrogens is 268 g/mol. The van der Waals surface area contributed by atoms with Gasteiger partial charge in [-0.05, 0) is 13.3 Å². The van der Waals surface area contributed by atoms with Gasteiger partial charge in [-0.3, -0.25) is 9.59 Å². The maximum atomic E-state index is 11.9. The van der Waals surface area contributed by atoms with Crippen molar-refractivity contribution in [1.82, 2.24) is 14.9 Å². The predicted octanol–water partition coefficient (Wildman–Crippen LogP) is 0.919. The molecule has 1 aromatic heterocycles. The van der Waals surface area contributed by atoms with E-state index in [0.29, 0.717) is 31.0 Å². The maximum Gasteiger partial charge on any atom is 0.241 e. The molecule has 1 saturated heterocycles. The first-order chi connectivity index (χ1) is 9.02. The fourth-order valence-corrected chi connectivity index (χ4v) is 2.29. The van der Waals surface area contributed by atoms with Crippen LogP contribution in [0, 0.1) is 6.92 Å². The Labute approximate surface area is 116 Å². The van der Waals surface area contributed by atoms with Gasteiger partial charge in [0.2, 0.25) is 5.91 Å². The number of amides is 1. The first kappa shape index (κ1) is 13.7. The number of hydrogen-bond acceptors (Lipinski definition) is 5. The van der Waals surface area contributed by atoms with Gasteiger partial charge in [-0.25, -0.2) is 9.97 Å². The first-order valence-electron chi connectivity index (χ1n) is 6.01. The molecule has 0 unspecified atom stereocenters. The highest BCUT2D eigenvalue weighted by Crippen LogP contribution is 2.23. The molecule has 0 N–H and O–H groups in total. The Hall–Kier alpha value is -1.69. The summed E-state index contributed by atoms with van der Waals surface area (Å²) in [6.45, 7) is 3.26. The van der Waals surface area contributed by atoms with Gasteiger partial charge in [0.05, 0.1) is 12.1 Å². The molecule has 0 bridgehead atoms. The van der Waals surface area contributed by atoms with E-state index in [2.05, 4.69) is 9.97 Å². The monoisotopic (exact) mass is 282 g/mol. The molecule has 6 nitrogen and oxygen atoms in total. The lowest BCUT2D eigenvalue weighted by atomic mass is 10.3. The predicted molar refractivity (Wildman–Crippen MR) is 71.6 cm³/mol. The standard InChI is InChI=1S/C12H15ClN4O2/c1-8-14-11(13)9(7-18)12(15-8)17-5-3-4-16(2)10(19)6-17/h7H,3-6H2,1-2H3. The third-order valence-corrected chi connectivity index (χ3v) is 3.37. The topological polar surface area (TPSA) is 66.4 Å². The van der Waals surface area contributed by atoms with Crippen molar-refractivity contribution < 1.29 is 9.59 Å². The van der Waals surface area contributed by atoms with Gasteiger partial charge in [0, 0.05) is 20.1 Å². The summed E-state index contributed by atoms with van der Waals surface area (Å²) in [5, 5.41) is 0.127. The van der Waals surface area contributed by atoms with Crippen LogP contribution in [0.4, 0.5) is 5.82 Å². The number of aryl methyl sites for hydroxylation is 1. The summed E-state index contributed by atoms with van der Waals surface area (Å²) in [6.07, 6.45) is 1.46. The van der Waals surface area contributed by atoms with Crippen molar-refractivity contribution >= 4 is 29.6 Å². The van der Waals surface area contributed by atoms with E-state index in [0.717, 1.165) is 6.42 Å². The van der Waals surface area contributed by atoms with Crippen molar-refractivity contribution in [2.75, 3.05) is 31.6 Å². The maximum absolute atomic E-state index is 11.9. The molecule has 2 rings (SSSR count). The van der Waals surface area contributed by atoms with Gasteiger partial charge < -0.3 is 9.80 Å². The SMILES string of the molecule is Cc1nc(Cl)c(C=O)c(N2CCCN(C)C(=O)C2)n1. The normalized spacial score (nSPS) is 16.5. The van der Waals surface area contributed by atoms with Crippen molar-refractivity contribution in [3.8, 4) is 0 Å². The highest BCUT2D eigenvalue weighted by molar-refractivity contribution is 6.32. The third-order valence-electron chi connectivity index (χ3n) is 3.08. The van der Waals surface area contributed by atoms with Crippen LogP contribution < -0.4 is 4.90 Å². The molecule has 1 aliphatic rings. The van der Waals surface area contributed by atoms with Crippen molar-refractivity contribution in [3.05, 3.63) is 16.5 Å². The Kier molecular flexibility index (Phi) is 3.99. The van der Waals surface area contributed by atoms with E-state index in [1.807, 2.05) is 0 Å². The van der Waals surface area contributed by atoms with Crippen LogP contribution in [-0.2, 0) is 4.79 Å². The number of carbonyl (C=O) groups is 2. The molecule has 1 aromatic rings. The van der Waals surface area contributed by atoms with Gasteiger partial charge in [-0.15, -0.1) is 0 Å². The van der Waals surface area contributed by atoms with Crippen LogP contribution in [0.5, 0.6) is 0 Å². The van der Waals surface area contributed by atoms with Crippen LogP contribution in [0.3, 0.4) is 0 Å². The summed E-state index contributed by atoms with van der Waals surface area (Å²) >= 11 is 5.96. The van der Waals surface area contributed by atoms with Gasteiger partial charge in [-0.2, -0.15) is 0 Å². The molecule has 0 aliphatic carbocycles.